The van der Waals surface area contributed by atoms with Gasteiger partial charge in [-0.2, -0.15) is 0 Å². The highest BCUT2D eigenvalue weighted by molar-refractivity contribution is 5.88. The van der Waals surface area contributed by atoms with Crippen molar-refractivity contribution in [1.82, 2.24) is 0 Å². The fourth-order valence-electron chi connectivity index (χ4n) is 2.29. The van der Waals surface area contributed by atoms with Crippen molar-refractivity contribution in [1.29, 1.82) is 0 Å². The molecule has 1 aromatic carbocycles. The number of anilines is 1. The van der Waals surface area contributed by atoms with Crippen LogP contribution >= 0.6 is 0 Å². The van der Waals surface area contributed by atoms with Gasteiger partial charge in [0.2, 0.25) is 5.91 Å². The molecule has 1 saturated carbocycles. The fourth-order valence-corrected chi connectivity index (χ4v) is 2.29. The number of carbonyl (C=O) groups excluding carboxylic acids is 1. The lowest BCUT2D eigenvalue weighted by molar-refractivity contribution is -0.114. The van der Waals surface area contributed by atoms with Crippen LogP contribution in [0.4, 0.5) is 5.69 Å². The Hall–Kier alpha value is -1.35. The quantitative estimate of drug-likeness (QED) is 0.798. The summed E-state index contributed by atoms with van der Waals surface area (Å²) in [5.74, 6) is 0.398. The van der Waals surface area contributed by atoms with E-state index >= 15 is 0 Å². The highest BCUT2D eigenvalue weighted by atomic mass is 16.1. The maximum atomic E-state index is 10.9. The molecule has 3 N–H and O–H groups in total. The van der Waals surface area contributed by atoms with Gasteiger partial charge in [0, 0.05) is 24.6 Å². The molecule has 0 spiro atoms. The van der Waals surface area contributed by atoms with Crippen molar-refractivity contribution in [3.63, 3.8) is 0 Å². The van der Waals surface area contributed by atoms with Gasteiger partial charge in [0.1, 0.15) is 0 Å². The lowest BCUT2D eigenvalue weighted by Gasteiger charge is -2.05. The number of rotatable bonds is 2. The summed E-state index contributed by atoms with van der Waals surface area (Å²) >= 11 is 0. The molecule has 0 bridgehead atoms. The van der Waals surface area contributed by atoms with Gasteiger partial charge in [-0.25, -0.2) is 0 Å². The first kappa shape index (κ1) is 11.1. The van der Waals surface area contributed by atoms with Crippen molar-refractivity contribution in [3.05, 3.63) is 29.8 Å². The molecule has 1 aliphatic carbocycles. The molecule has 0 heterocycles. The zero-order valence-electron chi connectivity index (χ0n) is 9.95. The van der Waals surface area contributed by atoms with E-state index in [1.807, 2.05) is 24.3 Å². The van der Waals surface area contributed by atoms with Crippen LogP contribution in [0, 0.1) is 5.41 Å². The van der Waals surface area contributed by atoms with Crippen LogP contribution in [0.25, 0.3) is 0 Å². The highest BCUT2D eigenvalue weighted by Crippen LogP contribution is 2.57. The number of hydrogen-bond acceptors (Lipinski definition) is 2. The first-order chi connectivity index (χ1) is 7.43. The Morgan fingerprint density at radius 2 is 1.81 bits per heavy atom. The Morgan fingerprint density at radius 1 is 1.31 bits per heavy atom. The lowest BCUT2D eigenvalue weighted by Crippen LogP contribution is -2.06. The molecule has 1 fully saturated rings. The number of benzene rings is 1. The molecule has 3 heteroatoms. The van der Waals surface area contributed by atoms with E-state index in [0.717, 1.165) is 5.69 Å². The Kier molecular flexibility index (Phi) is 2.50. The molecule has 2 rings (SSSR count). The minimum atomic E-state index is -0.0452. The van der Waals surface area contributed by atoms with Crippen LogP contribution in [0.2, 0.25) is 0 Å². The van der Waals surface area contributed by atoms with Crippen LogP contribution in [0.15, 0.2) is 24.3 Å². The molecule has 0 unspecified atom stereocenters. The Balaban J connectivity index is 2.12. The Labute approximate surface area is 96.0 Å². The summed E-state index contributed by atoms with van der Waals surface area (Å²) in [7, 11) is 0. The normalized spacial score (nSPS) is 26.2. The molecule has 3 nitrogen and oxygen atoms in total. The molecule has 1 amide bonds. The fraction of sp³-hybridized carbons (Fsp3) is 0.462. The summed E-state index contributed by atoms with van der Waals surface area (Å²) in [6, 6.07) is 8.20. The highest BCUT2D eigenvalue weighted by Gasteiger charge is 2.55. The summed E-state index contributed by atoms with van der Waals surface area (Å²) in [6.45, 7) is 5.88. The molecular formula is C13H18N2O. The van der Waals surface area contributed by atoms with E-state index in [2.05, 4.69) is 19.2 Å². The summed E-state index contributed by atoms with van der Waals surface area (Å²) in [6.07, 6.45) is 0. The van der Waals surface area contributed by atoms with Gasteiger partial charge in [-0.05, 0) is 23.1 Å². The van der Waals surface area contributed by atoms with Gasteiger partial charge in [-0.15, -0.1) is 0 Å². The van der Waals surface area contributed by atoms with Crippen LogP contribution in [0.5, 0.6) is 0 Å². The molecule has 0 aromatic heterocycles. The van der Waals surface area contributed by atoms with Gasteiger partial charge in [0.15, 0.2) is 0 Å². The van der Waals surface area contributed by atoms with Crippen LogP contribution < -0.4 is 11.1 Å². The van der Waals surface area contributed by atoms with E-state index in [4.69, 9.17) is 5.73 Å². The first-order valence-electron chi connectivity index (χ1n) is 5.56. The van der Waals surface area contributed by atoms with E-state index in [9.17, 15) is 4.79 Å². The third-order valence-electron chi connectivity index (χ3n) is 3.50. The number of carbonyl (C=O) groups is 1. The van der Waals surface area contributed by atoms with Crippen LogP contribution in [-0.4, -0.2) is 11.9 Å². The van der Waals surface area contributed by atoms with Crippen molar-refractivity contribution in [2.24, 2.45) is 11.1 Å². The molecule has 1 aromatic rings. The van der Waals surface area contributed by atoms with E-state index < -0.39 is 0 Å². The second-order valence-electron chi connectivity index (χ2n) is 5.13. The summed E-state index contributed by atoms with van der Waals surface area (Å²) in [5.41, 5.74) is 8.32. The van der Waals surface area contributed by atoms with Gasteiger partial charge in [0.25, 0.3) is 0 Å². The second kappa shape index (κ2) is 3.59. The third-order valence-corrected chi connectivity index (χ3v) is 3.50. The van der Waals surface area contributed by atoms with E-state index in [-0.39, 0.29) is 17.4 Å². The molecular weight excluding hydrogens is 200 g/mol. The zero-order valence-corrected chi connectivity index (χ0v) is 9.95. The number of hydrogen-bond donors (Lipinski definition) is 2. The number of amides is 1. The van der Waals surface area contributed by atoms with Crippen LogP contribution in [-0.2, 0) is 4.79 Å². The average Bonchev–Trinajstić information content (AvgIpc) is 2.67. The topological polar surface area (TPSA) is 55.1 Å². The smallest absolute Gasteiger partial charge is 0.221 e. The van der Waals surface area contributed by atoms with Gasteiger partial charge in [0.05, 0.1) is 0 Å². The minimum Gasteiger partial charge on any atom is -0.327 e. The molecule has 0 aliphatic heterocycles. The molecule has 0 saturated heterocycles. The average molecular weight is 218 g/mol. The maximum Gasteiger partial charge on any atom is 0.221 e. The largest absolute Gasteiger partial charge is 0.327 e. The summed E-state index contributed by atoms with van der Waals surface area (Å²) < 4.78 is 0. The molecule has 2 atom stereocenters. The van der Waals surface area contributed by atoms with Gasteiger partial charge in [-0.1, -0.05) is 26.0 Å². The van der Waals surface area contributed by atoms with Crippen molar-refractivity contribution in [3.8, 4) is 0 Å². The predicted molar refractivity (Wildman–Crippen MR) is 65.2 cm³/mol. The van der Waals surface area contributed by atoms with Gasteiger partial charge >= 0.3 is 0 Å². The van der Waals surface area contributed by atoms with Crippen LogP contribution in [0.3, 0.4) is 0 Å². The van der Waals surface area contributed by atoms with E-state index in [1.165, 1.54) is 12.5 Å². The summed E-state index contributed by atoms with van der Waals surface area (Å²) in [5, 5.41) is 2.75. The number of nitrogens with two attached hydrogens (primary N) is 1. The van der Waals surface area contributed by atoms with E-state index in [0.29, 0.717) is 5.92 Å². The van der Waals surface area contributed by atoms with Crippen molar-refractivity contribution in [2.45, 2.75) is 32.7 Å². The van der Waals surface area contributed by atoms with Gasteiger partial charge < -0.3 is 11.1 Å². The molecule has 1 aliphatic rings. The van der Waals surface area contributed by atoms with Crippen molar-refractivity contribution in [2.75, 3.05) is 5.32 Å². The molecule has 86 valence electrons. The monoisotopic (exact) mass is 218 g/mol. The zero-order chi connectivity index (χ0) is 11.9. The number of nitrogens with one attached hydrogen (secondary N) is 1. The van der Waals surface area contributed by atoms with Crippen LogP contribution in [0.1, 0.15) is 32.3 Å². The SMILES string of the molecule is CC(=O)Nc1ccc([C@@H]2[C@@H](N)C2(C)C)cc1. The van der Waals surface area contributed by atoms with Gasteiger partial charge in [-0.3, -0.25) is 4.79 Å². The standard InChI is InChI=1S/C13H18N2O/c1-8(16)15-10-6-4-9(5-7-10)11-12(14)13(11,2)3/h4-7,11-12H,14H2,1-3H3,(H,15,16)/t11-,12-/m1/s1. The minimum absolute atomic E-state index is 0.0452. The lowest BCUT2D eigenvalue weighted by atomic mass is 10.0. The Morgan fingerprint density at radius 3 is 2.19 bits per heavy atom. The maximum absolute atomic E-state index is 10.9. The third kappa shape index (κ3) is 1.83. The van der Waals surface area contributed by atoms with Crippen molar-refractivity contribution < 1.29 is 4.79 Å². The van der Waals surface area contributed by atoms with Crippen molar-refractivity contribution >= 4 is 11.6 Å². The summed E-state index contributed by atoms with van der Waals surface area (Å²) in [4.78, 5) is 10.9. The first-order valence-corrected chi connectivity index (χ1v) is 5.56. The second-order valence-corrected chi connectivity index (χ2v) is 5.13. The molecule has 0 radical (unpaired) electrons. The Bertz CT molecular complexity index is 408. The predicted octanol–water partition coefficient (Wildman–Crippen LogP) is 2.10. The molecule has 16 heavy (non-hydrogen) atoms. The van der Waals surface area contributed by atoms with E-state index in [1.54, 1.807) is 0 Å².